The number of ketones is 1. The van der Waals surface area contributed by atoms with Gasteiger partial charge in [-0.3, -0.25) is 9.20 Å². The fourth-order valence-electron chi connectivity index (χ4n) is 7.39. The van der Waals surface area contributed by atoms with E-state index in [0.717, 1.165) is 58.3 Å². The van der Waals surface area contributed by atoms with Crippen LogP contribution in [0.15, 0.2) is 48.9 Å². The Labute approximate surface area is 219 Å². The molecule has 2 fully saturated rings. The Morgan fingerprint density at radius 3 is 2.87 bits per heavy atom. The molecule has 0 spiro atoms. The van der Waals surface area contributed by atoms with E-state index in [1.54, 1.807) is 18.3 Å². The average Bonchev–Trinajstić information content (AvgIpc) is 3.73. The second-order valence-corrected chi connectivity index (χ2v) is 11.2. The quantitative estimate of drug-likeness (QED) is 0.377. The highest BCUT2D eigenvalue weighted by Crippen LogP contribution is 2.43. The third-order valence-electron chi connectivity index (χ3n) is 9.09. The predicted molar refractivity (Wildman–Crippen MR) is 142 cm³/mol. The first-order valence-electron chi connectivity index (χ1n) is 13.6. The summed E-state index contributed by atoms with van der Waals surface area (Å²) in [5.41, 5.74) is 5.87. The third-order valence-corrected chi connectivity index (χ3v) is 9.09. The molecule has 4 aliphatic rings. The van der Waals surface area contributed by atoms with Crippen molar-refractivity contribution in [2.45, 2.75) is 51.2 Å². The number of nitrogens with zero attached hydrogens (tertiary/aromatic N) is 5. The van der Waals surface area contributed by atoms with Crippen molar-refractivity contribution in [1.29, 1.82) is 0 Å². The van der Waals surface area contributed by atoms with E-state index < -0.39 is 0 Å². The number of urea groups is 1. The van der Waals surface area contributed by atoms with Gasteiger partial charge in [-0.15, -0.1) is 0 Å². The van der Waals surface area contributed by atoms with Crippen molar-refractivity contribution < 1.29 is 14.0 Å². The fraction of sp³-hybridized carbons (Fsp3) is 0.367. The smallest absolute Gasteiger partial charge is 0.320 e. The average molecular weight is 510 g/mol. The lowest BCUT2D eigenvalue weighted by molar-refractivity contribution is -0.113. The zero-order valence-corrected chi connectivity index (χ0v) is 21.1. The van der Waals surface area contributed by atoms with Crippen LogP contribution in [-0.2, 0) is 17.9 Å². The van der Waals surface area contributed by atoms with Gasteiger partial charge in [0.25, 0.3) is 0 Å². The first-order chi connectivity index (χ1) is 18.5. The van der Waals surface area contributed by atoms with Gasteiger partial charge < -0.3 is 14.4 Å². The summed E-state index contributed by atoms with van der Waals surface area (Å²) in [6, 6.07) is 9.38. The number of likely N-dealkylation sites (tertiary alicyclic amines) is 1. The minimum Gasteiger partial charge on any atom is -0.345 e. The van der Waals surface area contributed by atoms with Crippen LogP contribution in [0.5, 0.6) is 0 Å². The first kappa shape index (κ1) is 22.1. The number of aromatic nitrogens is 3. The van der Waals surface area contributed by atoms with Gasteiger partial charge in [-0.25, -0.2) is 14.2 Å². The standard InChI is InChI=1S/C30H28FN5O2/c31-20-12-19-16-34(30(38)36-15-18-4-5-21(36)11-18)10-9-33-17-24(23(13-20)29(19)33)22-6-7-26(37)28(22)25-14-32-27-3-1-2-8-35(25)27/h1-3,8,12-14,17-18,21H,4-7,9-11,15-16H2. The molecular weight excluding hydrogens is 481 g/mol. The van der Waals surface area contributed by atoms with Crippen LogP contribution in [0.2, 0.25) is 0 Å². The van der Waals surface area contributed by atoms with Crippen LogP contribution in [0.1, 0.15) is 48.9 Å². The SMILES string of the molecule is O=C1CCC(c2cn3c4c(cc(F)cc24)CN(C(=O)N2CC4CCC2C4)CC3)=C1c1cnc2ccccn12. The summed E-state index contributed by atoms with van der Waals surface area (Å²) in [6.07, 6.45) is 10.2. The lowest BCUT2D eigenvalue weighted by Crippen LogP contribution is -2.46. The zero-order valence-electron chi connectivity index (χ0n) is 21.1. The second-order valence-electron chi connectivity index (χ2n) is 11.2. The van der Waals surface area contributed by atoms with Gasteiger partial charge in [-0.2, -0.15) is 0 Å². The molecule has 2 unspecified atom stereocenters. The van der Waals surface area contributed by atoms with E-state index in [9.17, 15) is 9.59 Å². The van der Waals surface area contributed by atoms with Crippen LogP contribution in [0, 0.1) is 11.7 Å². The highest BCUT2D eigenvalue weighted by atomic mass is 19.1. The van der Waals surface area contributed by atoms with Crippen molar-refractivity contribution in [3.05, 3.63) is 71.6 Å². The number of piperidine rings is 1. The molecule has 4 aromatic rings. The molecule has 3 aromatic heterocycles. The van der Waals surface area contributed by atoms with E-state index in [-0.39, 0.29) is 17.6 Å². The number of halogens is 1. The van der Waals surface area contributed by atoms with Gasteiger partial charge in [0.2, 0.25) is 0 Å². The Kier molecular flexibility index (Phi) is 4.66. The molecule has 192 valence electrons. The third kappa shape index (κ3) is 3.15. The second kappa shape index (κ2) is 8.03. The van der Waals surface area contributed by atoms with Crippen LogP contribution in [0.4, 0.5) is 9.18 Å². The number of hydrogen-bond acceptors (Lipinski definition) is 3. The number of imidazole rings is 1. The zero-order chi connectivity index (χ0) is 25.5. The van der Waals surface area contributed by atoms with E-state index >= 15 is 4.39 Å². The minimum absolute atomic E-state index is 0.0829. The number of Topliss-reactive ketones (excluding diaryl/α,β-unsaturated/α-hetero) is 1. The van der Waals surface area contributed by atoms with Crippen LogP contribution < -0.4 is 0 Å². The minimum atomic E-state index is -0.317. The predicted octanol–water partition coefficient (Wildman–Crippen LogP) is 5.12. The number of pyridine rings is 1. The number of carbonyl (C=O) groups is 2. The number of hydrogen-bond donors (Lipinski definition) is 0. The first-order valence-corrected chi connectivity index (χ1v) is 13.6. The number of allylic oxidation sites excluding steroid dienone is 2. The summed E-state index contributed by atoms with van der Waals surface area (Å²) in [4.78, 5) is 35.1. The fourth-order valence-corrected chi connectivity index (χ4v) is 7.39. The van der Waals surface area contributed by atoms with E-state index in [1.165, 1.54) is 6.42 Å². The van der Waals surface area contributed by atoms with Crippen molar-refractivity contribution in [3.63, 3.8) is 0 Å². The van der Waals surface area contributed by atoms with E-state index in [0.29, 0.717) is 50.0 Å². The van der Waals surface area contributed by atoms with Crippen LogP contribution in [-0.4, -0.2) is 54.7 Å². The molecule has 2 bridgehead atoms. The highest BCUT2D eigenvalue weighted by Gasteiger charge is 2.42. The molecule has 7 nitrogen and oxygen atoms in total. The summed E-state index contributed by atoms with van der Waals surface area (Å²) in [5, 5.41) is 0.811. The Morgan fingerprint density at radius 1 is 1.11 bits per heavy atom. The van der Waals surface area contributed by atoms with Gasteiger partial charge in [-0.05, 0) is 67.0 Å². The van der Waals surface area contributed by atoms with Crippen molar-refractivity contribution in [1.82, 2.24) is 23.8 Å². The molecule has 0 N–H and O–H groups in total. The number of amides is 2. The van der Waals surface area contributed by atoms with Gasteiger partial charge in [0.05, 0.1) is 17.4 Å². The molecule has 38 heavy (non-hydrogen) atoms. The molecule has 5 heterocycles. The van der Waals surface area contributed by atoms with Crippen LogP contribution >= 0.6 is 0 Å². The Bertz CT molecular complexity index is 1700. The number of fused-ring (bicyclic) bond motifs is 3. The van der Waals surface area contributed by atoms with Crippen LogP contribution in [0.25, 0.3) is 27.7 Å². The summed E-state index contributed by atoms with van der Waals surface area (Å²) in [6.45, 7) is 2.45. The molecule has 2 atom stereocenters. The monoisotopic (exact) mass is 509 g/mol. The normalized spacial score (nSPS) is 22.9. The highest BCUT2D eigenvalue weighted by molar-refractivity contribution is 6.31. The van der Waals surface area contributed by atoms with Crippen molar-refractivity contribution in [2.24, 2.45) is 5.92 Å². The summed E-state index contributed by atoms with van der Waals surface area (Å²) >= 11 is 0. The molecule has 2 aliphatic carbocycles. The van der Waals surface area contributed by atoms with Gasteiger partial charge in [0, 0.05) is 67.6 Å². The largest absolute Gasteiger partial charge is 0.345 e. The summed E-state index contributed by atoms with van der Waals surface area (Å²) < 4.78 is 19.2. The maximum absolute atomic E-state index is 15.1. The molecule has 1 aromatic carbocycles. The van der Waals surface area contributed by atoms with Crippen molar-refractivity contribution in [2.75, 3.05) is 13.1 Å². The number of benzene rings is 1. The molecule has 0 radical (unpaired) electrons. The molecule has 2 aliphatic heterocycles. The lowest BCUT2D eigenvalue weighted by Gasteiger charge is -2.32. The molecule has 1 saturated heterocycles. The molecule has 8 heteroatoms. The van der Waals surface area contributed by atoms with E-state index in [2.05, 4.69) is 15.7 Å². The van der Waals surface area contributed by atoms with E-state index in [4.69, 9.17) is 0 Å². The Hall–Kier alpha value is -3.94. The lowest BCUT2D eigenvalue weighted by atomic mass is 9.98. The molecule has 1 saturated carbocycles. The van der Waals surface area contributed by atoms with Crippen LogP contribution in [0.3, 0.4) is 0 Å². The van der Waals surface area contributed by atoms with Crippen molar-refractivity contribution >= 4 is 39.5 Å². The number of rotatable bonds is 2. The van der Waals surface area contributed by atoms with Gasteiger partial charge in [0.1, 0.15) is 11.5 Å². The molecule has 2 amide bonds. The molecule has 8 rings (SSSR count). The summed E-state index contributed by atoms with van der Waals surface area (Å²) in [5.74, 6) is 0.409. The maximum Gasteiger partial charge on any atom is 0.320 e. The van der Waals surface area contributed by atoms with Gasteiger partial charge >= 0.3 is 6.03 Å². The van der Waals surface area contributed by atoms with Crippen molar-refractivity contribution in [3.8, 4) is 0 Å². The van der Waals surface area contributed by atoms with Gasteiger partial charge in [0.15, 0.2) is 5.78 Å². The van der Waals surface area contributed by atoms with E-state index in [1.807, 2.05) is 38.6 Å². The van der Waals surface area contributed by atoms with Gasteiger partial charge in [-0.1, -0.05) is 6.07 Å². The number of carbonyl (C=O) groups excluding carboxylic acids is 2. The Balaban J connectivity index is 1.23. The molecular formula is C30H28FN5O2. The Morgan fingerprint density at radius 2 is 2.03 bits per heavy atom. The summed E-state index contributed by atoms with van der Waals surface area (Å²) in [7, 11) is 0. The maximum atomic E-state index is 15.1. The topological polar surface area (TPSA) is 62.9 Å².